The zero-order chi connectivity index (χ0) is 20.3. The van der Waals surface area contributed by atoms with Crippen molar-refractivity contribution < 1.29 is 18.0 Å². The standard InChI is InChI=1S/C18H17Cl2N3O4S/c19-11-4-7-15(16(20)8-11)18(25)21-10-17(24)22-13-2-1-3-14(9-13)28(26,27)23-12-5-6-12/h1-4,7-9,12,23H,5-6,10H2,(H,21,25)(H,22,24). The molecule has 3 rings (SSSR count). The van der Waals surface area contributed by atoms with Crippen LogP contribution in [-0.4, -0.2) is 32.8 Å². The van der Waals surface area contributed by atoms with Gasteiger partial charge in [0, 0.05) is 16.8 Å². The molecule has 7 nitrogen and oxygen atoms in total. The minimum atomic E-state index is -3.62. The second kappa shape index (κ2) is 8.48. The van der Waals surface area contributed by atoms with Crippen LogP contribution < -0.4 is 15.4 Å². The maximum absolute atomic E-state index is 12.2. The summed E-state index contributed by atoms with van der Waals surface area (Å²) in [5.74, 6) is -1.04. The number of sulfonamides is 1. The largest absolute Gasteiger partial charge is 0.343 e. The molecule has 0 atom stereocenters. The van der Waals surface area contributed by atoms with Crippen LogP contribution in [0.5, 0.6) is 0 Å². The molecule has 1 saturated carbocycles. The Kier molecular flexibility index (Phi) is 6.24. The first-order chi connectivity index (χ1) is 13.2. The lowest BCUT2D eigenvalue weighted by Gasteiger charge is -2.10. The van der Waals surface area contributed by atoms with E-state index >= 15 is 0 Å². The Morgan fingerprint density at radius 3 is 2.50 bits per heavy atom. The number of nitrogens with one attached hydrogen (secondary N) is 3. The zero-order valence-electron chi connectivity index (χ0n) is 14.5. The summed E-state index contributed by atoms with van der Waals surface area (Å²) in [6, 6.07) is 10.3. The molecular weight excluding hydrogens is 425 g/mol. The van der Waals surface area contributed by atoms with E-state index in [2.05, 4.69) is 15.4 Å². The highest BCUT2D eigenvalue weighted by molar-refractivity contribution is 7.89. The van der Waals surface area contributed by atoms with Gasteiger partial charge in [0.15, 0.2) is 0 Å². The Bertz CT molecular complexity index is 1020. The van der Waals surface area contributed by atoms with E-state index in [1.807, 2.05) is 0 Å². The van der Waals surface area contributed by atoms with Crippen molar-refractivity contribution in [2.45, 2.75) is 23.8 Å². The third-order valence-electron chi connectivity index (χ3n) is 3.91. The Hall–Kier alpha value is -2.13. The van der Waals surface area contributed by atoms with Gasteiger partial charge in [-0.15, -0.1) is 0 Å². The number of carbonyl (C=O) groups excluding carboxylic acids is 2. The van der Waals surface area contributed by atoms with Gasteiger partial charge >= 0.3 is 0 Å². The third-order valence-corrected chi connectivity index (χ3v) is 5.98. The van der Waals surface area contributed by atoms with Gasteiger partial charge in [-0.05, 0) is 49.2 Å². The summed E-state index contributed by atoms with van der Waals surface area (Å²) >= 11 is 11.7. The first-order valence-electron chi connectivity index (χ1n) is 8.40. The first-order valence-corrected chi connectivity index (χ1v) is 10.6. The lowest BCUT2D eigenvalue weighted by Crippen LogP contribution is -2.33. The number of anilines is 1. The van der Waals surface area contributed by atoms with Crippen molar-refractivity contribution in [3.05, 3.63) is 58.1 Å². The van der Waals surface area contributed by atoms with Crippen molar-refractivity contribution in [2.75, 3.05) is 11.9 Å². The molecule has 1 fully saturated rings. The number of carbonyl (C=O) groups is 2. The van der Waals surface area contributed by atoms with Crippen LogP contribution in [0.1, 0.15) is 23.2 Å². The van der Waals surface area contributed by atoms with E-state index in [4.69, 9.17) is 23.2 Å². The lowest BCUT2D eigenvalue weighted by atomic mass is 10.2. The maximum atomic E-state index is 12.2. The van der Waals surface area contributed by atoms with Gasteiger partial charge in [0.25, 0.3) is 5.91 Å². The Balaban J connectivity index is 1.59. The predicted octanol–water partition coefficient (Wildman–Crippen LogP) is 2.80. The molecule has 3 N–H and O–H groups in total. The van der Waals surface area contributed by atoms with Crippen molar-refractivity contribution in [3.8, 4) is 0 Å². The molecule has 0 aliphatic heterocycles. The van der Waals surface area contributed by atoms with Crippen LogP contribution in [0, 0.1) is 0 Å². The average Bonchev–Trinajstić information content (AvgIpc) is 3.43. The number of amides is 2. The van der Waals surface area contributed by atoms with Crippen LogP contribution in [0.2, 0.25) is 10.0 Å². The van der Waals surface area contributed by atoms with Crippen LogP contribution in [0.15, 0.2) is 47.4 Å². The molecule has 0 saturated heterocycles. The molecule has 2 aromatic rings. The Morgan fingerprint density at radius 1 is 1.07 bits per heavy atom. The normalized spacial score (nSPS) is 13.8. The van der Waals surface area contributed by atoms with Crippen LogP contribution in [0.4, 0.5) is 5.69 Å². The second-order valence-corrected chi connectivity index (χ2v) is 8.84. The van der Waals surface area contributed by atoms with Gasteiger partial charge in [-0.3, -0.25) is 9.59 Å². The molecule has 2 amide bonds. The molecule has 28 heavy (non-hydrogen) atoms. The fourth-order valence-corrected chi connectivity index (χ4v) is 4.21. The summed E-state index contributed by atoms with van der Waals surface area (Å²) in [4.78, 5) is 24.3. The monoisotopic (exact) mass is 441 g/mol. The van der Waals surface area contributed by atoms with Crippen LogP contribution in [0.25, 0.3) is 0 Å². The fraction of sp³-hybridized carbons (Fsp3) is 0.222. The van der Waals surface area contributed by atoms with Gasteiger partial charge in [0.05, 0.1) is 22.0 Å². The van der Waals surface area contributed by atoms with Gasteiger partial charge in [-0.2, -0.15) is 0 Å². The number of hydrogen-bond donors (Lipinski definition) is 3. The number of rotatable bonds is 7. The van der Waals surface area contributed by atoms with E-state index < -0.39 is 21.8 Å². The summed E-state index contributed by atoms with van der Waals surface area (Å²) in [6.07, 6.45) is 1.65. The summed E-state index contributed by atoms with van der Waals surface area (Å²) < 4.78 is 27.1. The van der Waals surface area contributed by atoms with E-state index in [-0.39, 0.29) is 28.1 Å². The number of hydrogen-bond acceptors (Lipinski definition) is 4. The van der Waals surface area contributed by atoms with Crippen molar-refractivity contribution >= 4 is 50.7 Å². The molecule has 2 aromatic carbocycles. The van der Waals surface area contributed by atoms with E-state index in [0.717, 1.165) is 12.8 Å². The summed E-state index contributed by atoms with van der Waals surface area (Å²) in [6.45, 7) is -0.310. The highest BCUT2D eigenvalue weighted by Crippen LogP contribution is 2.23. The maximum Gasteiger partial charge on any atom is 0.253 e. The summed E-state index contributed by atoms with van der Waals surface area (Å²) in [7, 11) is -3.62. The number of halogens is 2. The molecule has 0 aromatic heterocycles. The van der Waals surface area contributed by atoms with Crippen molar-refractivity contribution in [3.63, 3.8) is 0 Å². The first kappa shape index (κ1) is 20.6. The molecule has 1 aliphatic carbocycles. The SMILES string of the molecule is O=C(CNC(=O)c1ccc(Cl)cc1Cl)Nc1cccc(S(=O)(=O)NC2CC2)c1. The quantitative estimate of drug-likeness (QED) is 0.614. The van der Waals surface area contributed by atoms with Crippen molar-refractivity contribution in [1.29, 1.82) is 0 Å². The third kappa shape index (κ3) is 5.45. The van der Waals surface area contributed by atoms with Gasteiger partial charge in [-0.25, -0.2) is 13.1 Å². The molecule has 0 radical (unpaired) electrons. The number of benzene rings is 2. The molecule has 0 bridgehead atoms. The smallest absolute Gasteiger partial charge is 0.253 e. The van der Waals surface area contributed by atoms with E-state index in [1.165, 1.54) is 36.4 Å². The van der Waals surface area contributed by atoms with Crippen molar-refractivity contribution in [1.82, 2.24) is 10.0 Å². The summed E-state index contributed by atoms with van der Waals surface area (Å²) in [5.41, 5.74) is 0.501. The predicted molar refractivity (Wildman–Crippen MR) is 107 cm³/mol. The second-order valence-electron chi connectivity index (χ2n) is 6.28. The topological polar surface area (TPSA) is 104 Å². The molecular formula is C18H17Cl2N3O4S. The van der Waals surface area contributed by atoms with Gasteiger partial charge in [-0.1, -0.05) is 29.3 Å². The van der Waals surface area contributed by atoms with Gasteiger partial charge < -0.3 is 10.6 Å². The zero-order valence-corrected chi connectivity index (χ0v) is 16.9. The molecule has 1 aliphatic rings. The van der Waals surface area contributed by atoms with Crippen molar-refractivity contribution in [2.24, 2.45) is 0 Å². The minimum Gasteiger partial charge on any atom is -0.343 e. The highest BCUT2D eigenvalue weighted by atomic mass is 35.5. The molecule has 0 spiro atoms. The molecule has 148 valence electrons. The lowest BCUT2D eigenvalue weighted by molar-refractivity contribution is -0.115. The minimum absolute atomic E-state index is 0.0156. The van der Waals surface area contributed by atoms with Gasteiger partial charge in [0.2, 0.25) is 15.9 Å². The molecule has 0 unspecified atom stereocenters. The molecule has 10 heteroatoms. The van der Waals surface area contributed by atoms with E-state index in [0.29, 0.717) is 10.7 Å². The Morgan fingerprint density at radius 2 is 1.82 bits per heavy atom. The van der Waals surface area contributed by atoms with E-state index in [9.17, 15) is 18.0 Å². The van der Waals surface area contributed by atoms with Gasteiger partial charge in [0.1, 0.15) is 0 Å². The Labute approximate surface area is 172 Å². The van der Waals surface area contributed by atoms with Crippen LogP contribution in [-0.2, 0) is 14.8 Å². The fourth-order valence-electron chi connectivity index (χ4n) is 2.36. The average molecular weight is 442 g/mol. The van der Waals surface area contributed by atoms with Crippen LogP contribution in [0.3, 0.4) is 0 Å². The summed E-state index contributed by atoms with van der Waals surface area (Å²) in [5, 5.41) is 5.57. The van der Waals surface area contributed by atoms with Crippen LogP contribution >= 0.6 is 23.2 Å². The highest BCUT2D eigenvalue weighted by Gasteiger charge is 2.28. The van der Waals surface area contributed by atoms with E-state index in [1.54, 1.807) is 6.07 Å². The molecule has 0 heterocycles.